The summed E-state index contributed by atoms with van der Waals surface area (Å²) in [5.74, 6) is 1.94. The fourth-order valence-corrected chi connectivity index (χ4v) is 3.43. The summed E-state index contributed by atoms with van der Waals surface area (Å²) >= 11 is 0. The number of carbonyl (C=O) groups excluding carboxylic acids is 1. The summed E-state index contributed by atoms with van der Waals surface area (Å²) in [5.41, 5.74) is 0. The molecule has 0 aromatic heterocycles. The van der Waals surface area contributed by atoms with E-state index in [9.17, 15) is 4.79 Å². The molecular formula is C13H20N2O. The molecule has 88 valence electrons. The van der Waals surface area contributed by atoms with Crippen molar-refractivity contribution in [3.8, 4) is 0 Å². The van der Waals surface area contributed by atoms with Crippen LogP contribution in [0.1, 0.15) is 19.8 Å². The van der Waals surface area contributed by atoms with Crippen molar-refractivity contribution >= 4 is 5.91 Å². The van der Waals surface area contributed by atoms with Gasteiger partial charge in [0.15, 0.2) is 0 Å². The first kappa shape index (κ1) is 10.3. The molecule has 2 bridgehead atoms. The summed E-state index contributed by atoms with van der Waals surface area (Å²) in [5, 5.41) is 3.38. The van der Waals surface area contributed by atoms with Gasteiger partial charge in [0.2, 0.25) is 5.91 Å². The number of allylic oxidation sites excluding steroid dienone is 2. The van der Waals surface area contributed by atoms with E-state index in [1.54, 1.807) is 0 Å². The van der Waals surface area contributed by atoms with E-state index in [1.165, 1.54) is 6.42 Å². The molecule has 0 radical (unpaired) electrons. The van der Waals surface area contributed by atoms with Crippen LogP contribution in [0, 0.1) is 17.8 Å². The molecule has 16 heavy (non-hydrogen) atoms. The van der Waals surface area contributed by atoms with Gasteiger partial charge in [-0.25, -0.2) is 0 Å². The predicted molar refractivity (Wildman–Crippen MR) is 62.9 cm³/mol. The lowest BCUT2D eigenvalue weighted by Gasteiger charge is -2.34. The smallest absolute Gasteiger partial charge is 0.226 e. The molecule has 4 atom stereocenters. The zero-order valence-corrected chi connectivity index (χ0v) is 9.86. The Morgan fingerprint density at radius 1 is 1.38 bits per heavy atom. The summed E-state index contributed by atoms with van der Waals surface area (Å²) in [7, 11) is 0. The Morgan fingerprint density at radius 2 is 2.25 bits per heavy atom. The molecule has 1 saturated heterocycles. The molecule has 3 rings (SSSR count). The van der Waals surface area contributed by atoms with Crippen LogP contribution in [0.5, 0.6) is 0 Å². The van der Waals surface area contributed by atoms with E-state index in [2.05, 4.69) is 29.3 Å². The van der Waals surface area contributed by atoms with Crippen molar-refractivity contribution in [3.05, 3.63) is 12.2 Å². The lowest BCUT2D eigenvalue weighted by atomic mass is 9.92. The van der Waals surface area contributed by atoms with E-state index >= 15 is 0 Å². The van der Waals surface area contributed by atoms with Crippen LogP contribution in [0.25, 0.3) is 0 Å². The van der Waals surface area contributed by atoms with Gasteiger partial charge in [-0.3, -0.25) is 4.79 Å². The molecule has 3 nitrogen and oxygen atoms in total. The zero-order chi connectivity index (χ0) is 11.1. The van der Waals surface area contributed by atoms with Gasteiger partial charge in [0.1, 0.15) is 0 Å². The summed E-state index contributed by atoms with van der Waals surface area (Å²) in [6, 6.07) is 0.451. The molecule has 3 aliphatic rings. The summed E-state index contributed by atoms with van der Waals surface area (Å²) < 4.78 is 0. The lowest BCUT2D eigenvalue weighted by molar-refractivity contribution is -0.137. The average Bonchev–Trinajstić information content (AvgIpc) is 2.89. The van der Waals surface area contributed by atoms with Crippen molar-refractivity contribution in [1.29, 1.82) is 0 Å². The van der Waals surface area contributed by atoms with Crippen molar-refractivity contribution in [2.75, 3.05) is 19.6 Å². The number of hydrogen-bond acceptors (Lipinski definition) is 2. The third-order valence-electron chi connectivity index (χ3n) is 4.28. The first-order valence-corrected chi connectivity index (χ1v) is 6.44. The molecular weight excluding hydrogens is 200 g/mol. The van der Waals surface area contributed by atoms with Crippen LogP contribution in [0.15, 0.2) is 12.2 Å². The molecule has 1 aliphatic heterocycles. The highest BCUT2D eigenvalue weighted by Crippen LogP contribution is 2.44. The Hall–Kier alpha value is -0.830. The Labute approximate surface area is 96.9 Å². The number of piperazine rings is 1. The quantitative estimate of drug-likeness (QED) is 0.669. The topological polar surface area (TPSA) is 32.3 Å². The summed E-state index contributed by atoms with van der Waals surface area (Å²) in [6.07, 6.45) is 6.88. The van der Waals surface area contributed by atoms with Crippen LogP contribution in [0.4, 0.5) is 0 Å². The second kappa shape index (κ2) is 3.88. The van der Waals surface area contributed by atoms with Gasteiger partial charge in [-0.2, -0.15) is 0 Å². The first-order chi connectivity index (χ1) is 7.74. The van der Waals surface area contributed by atoms with E-state index in [1.807, 2.05) is 0 Å². The van der Waals surface area contributed by atoms with Crippen LogP contribution < -0.4 is 5.32 Å². The van der Waals surface area contributed by atoms with Crippen molar-refractivity contribution in [2.24, 2.45) is 17.8 Å². The van der Waals surface area contributed by atoms with Gasteiger partial charge >= 0.3 is 0 Å². The number of carbonyl (C=O) groups is 1. The number of nitrogens with one attached hydrogen (secondary N) is 1. The molecule has 4 unspecified atom stereocenters. The Kier molecular flexibility index (Phi) is 2.51. The summed E-state index contributed by atoms with van der Waals surface area (Å²) in [4.78, 5) is 14.5. The monoisotopic (exact) mass is 220 g/mol. The minimum absolute atomic E-state index is 0.292. The standard InChI is InChI=1S/C13H20N2O/c1-9-8-15(5-4-14-9)13(16)12-7-10-2-3-11(12)6-10/h2-3,9-12,14H,4-8H2,1H3. The number of amides is 1. The van der Waals surface area contributed by atoms with Crippen LogP contribution in [0.3, 0.4) is 0 Å². The predicted octanol–water partition coefficient (Wildman–Crippen LogP) is 1.02. The highest BCUT2D eigenvalue weighted by atomic mass is 16.2. The van der Waals surface area contributed by atoms with Gasteiger partial charge in [-0.1, -0.05) is 12.2 Å². The maximum atomic E-state index is 12.4. The van der Waals surface area contributed by atoms with E-state index in [0.717, 1.165) is 26.1 Å². The molecule has 1 saturated carbocycles. The first-order valence-electron chi connectivity index (χ1n) is 6.44. The van der Waals surface area contributed by atoms with Crippen LogP contribution in [-0.2, 0) is 4.79 Å². The minimum Gasteiger partial charge on any atom is -0.340 e. The Balaban J connectivity index is 1.66. The largest absolute Gasteiger partial charge is 0.340 e. The third kappa shape index (κ3) is 1.67. The summed E-state index contributed by atoms with van der Waals surface area (Å²) in [6.45, 7) is 4.88. The van der Waals surface area contributed by atoms with Gasteiger partial charge in [-0.05, 0) is 31.6 Å². The van der Waals surface area contributed by atoms with Crippen molar-refractivity contribution in [1.82, 2.24) is 10.2 Å². The normalized spacial score (nSPS) is 41.7. The van der Waals surface area contributed by atoms with Gasteiger partial charge in [-0.15, -0.1) is 0 Å². The molecule has 2 aliphatic carbocycles. The van der Waals surface area contributed by atoms with Gasteiger partial charge in [0.05, 0.1) is 0 Å². The Morgan fingerprint density at radius 3 is 2.88 bits per heavy atom. The van der Waals surface area contributed by atoms with E-state index in [-0.39, 0.29) is 0 Å². The highest BCUT2D eigenvalue weighted by molar-refractivity contribution is 5.80. The zero-order valence-electron chi connectivity index (χ0n) is 9.86. The molecule has 0 aromatic carbocycles. The van der Waals surface area contributed by atoms with Crippen LogP contribution in [0.2, 0.25) is 0 Å². The maximum absolute atomic E-state index is 12.4. The van der Waals surface area contributed by atoms with E-state index in [4.69, 9.17) is 0 Å². The Bertz CT molecular complexity index is 326. The van der Waals surface area contributed by atoms with E-state index in [0.29, 0.717) is 29.7 Å². The van der Waals surface area contributed by atoms with Crippen molar-refractivity contribution < 1.29 is 4.79 Å². The van der Waals surface area contributed by atoms with Crippen molar-refractivity contribution in [2.45, 2.75) is 25.8 Å². The highest BCUT2D eigenvalue weighted by Gasteiger charge is 2.41. The van der Waals surface area contributed by atoms with E-state index < -0.39 is 0 Å². The maximum Gasteiger partial charge on any atom is 0.226 e. The van der Waals surface area contributed by atoms with Crippen molar-refractivity contribution in [3.63, 3.8) is 0 Å². The molecule has 2 fully saturated rings. The second-order valence-electron chi connectivity index (χ2n) is 5.53. The van der Waals surface area contributed by atoms with Gasteiger partial charge in [0.25, 0.3) is 0 Å². The molecule has 0 aromatic rings. The van der Waals surface area contributed by atoms with Gasteiger partial charge < -0.3 is 10.2 Å². The third-order valence-corrected chi connectivity index (χ3v) is 4.28. The fourth-order valence-electron chi connectivity index (χ4n) is 3.43. The molecule has 0 spiro atoms. The van der Waals surface area contributed by atoms with Gasteiger partial charge in [0, 0.05) is 31.6 Å². The molecule has 3 heteroatoms. The van der Waals surface area contributed by atoms with Crippen LogP contribution >= 0.6 is 0 Å². The lowest BCUT2D eigenvalue weighted by Crippen LogP contribution is -2.53. The average molecular weight is 220 g/mol. The number of fused-ring (bicyclic) bond motifs is 2. The second-order valence-corrected chi connectivity index (χ2v) is 5.53. The number of nitrogens with zero attached hydrogens (tertiary/aromatic N) is 1. The number of hydrogen-bond donors (Lipinski definition) is 1. The molecule has 1 amide bonds. The van der Waals surface area contributed by atoms with Crippen LogP contribution in [-0.4, -0.2) is 36.5 Å². The fraction of sp³-hybridized carbons (Fsp3) is 0.769. The molecule has 1 N–H and O–H groups in total. The minimum atomic E-state index is 0.292. The molecule has 1 heterocycles. The SMILES string of the molecule is CC1CN(C(=O)C2CC3C=CC2C3)CCN1. The number of rotatable bonds is 1.